The van der Waals surface area contributed by atoms with Gasteiger partial charge in [0.2, 0.25) is 11.8 Å². The average Bonchev–Trinajstić information content (AvgIpc) is 3.21. The molecule has 5 heteroatoms. The SMILES string of the molecule is CC(=O)N[C@H](CC(=O)NC(c1ccccc1)c1ccccc1)c1cccs1. The van der Waals surface area contributed by atoms with Crippen LogP contribution in [-0.2, 0) is 9.59 Å². The number of nitrogens with one attached hydrogen (secondary N) is 2. The fraction of sp³-hybridized carbons (Fsp3) is 0.182. The van der Waals surface area contributed by atoms with Gasteiger partial charge in [-0.2, -0.15) is 0 Å². The van der Waals surface area contributed by atoms with Gasteiger partial charge in [0.15, 0.2) is 0 Å². The van der Waals surface area contributed by atoms with Crippen LogP contribution in [0.3, 0.4) is 0 Å². The molecule has 3 rings (SSSR count). The van der Waals surface area contributed by atoms with Gasteiger partial charge in [-0.05, 0) is 22.6 Å². The Labute approximate surface area is 163 Å². The van der Waals surface area contributed by atoms with Gasteiger partial charge < -0.3 is 10.6 Å². The smallest absolute Gasteiger partial charge is 0.223 e. The third-order valence-corrected chi connectivity index (χ3v) is 5.21. The molecule has 0 saturated carbocycles. The molecule has 0 aliphatic carbocycles. The normalized spacial score (nSPS) is 11.8. The van der Waals surface area contributed by atoms with Gasteiger partial charge in [-0.25, -0.2) is 0 Å². The minimum atomic E-state index is -0.324. The topological polar surface area (TPSA) is 58.2 Å². The van der Waals surface area contributed by atoms with Crippen molar-refractivity contribution in [2.75, 3.05) is 0 Å². The Hall–Kier alpha value is -2.92. The molecule has 138 valence electrons. The number of amides is 2. The number of carbonyl (C=O) groups is 2. The van der Waals surface area contributed by atoms with Crippen LogP contribution in [-0.4, -0.2) is 11.8 Å². The number of thiophene rings is 1. The fourth-order valence-corrected chi connectivity index (χ4v) is 3.79. The Kier molecular flexibility index (Phi) is 6.39. The van der Waals surface area contributed by atoms with Gasteiger partial charge in [0.25, 0.3) is 0 Å². The highest BCUT2D eigenvalue weighted by atomic mass is 32.1. The Balaban J connectivity index is 1.79. The first-order valence-corrected chi connectivity index (χ1v) is 9.71. The van der Waals surface area contributed by atoms with Gasteiger partial charge in [0, 0.05) is 11.8 Å². The summed E-state index contributed by atoms with van der Waals surface area (Å²) in [6, 6.07) is 23.1. The van der Waals surface area contributed by atoms with Crippen molar-refractivity contribution in [2.45, 2.75) is 25.4 Å². The molecular formula is C22H22N2O2S. The van der Waals surface area contributed by atoms with Crippen molar-refractivity contribution in [3.8, 4) is 0 Å². The summed E-state index contributed by atoms with van der Waals surface area (Å²) in [7, 11) is 0. The van der Waals surface area contributed by atoms with E-state index >= 15 is 0 Å². The number of rotatable bonds is 7. The van der Waals surface area contributed by atoms with E-state index in [-0.39, 0.29) is 30.3 Å². The molecule has 27 heavy (non-hydrogen) atoms. The van der Waals surface area contributed by atoms with Crippen molar-refractivity contribution in [2.24, 2.45) is 0 Å². The van der Waals surface area contributed by atoms with Crippen molar-refractivity contribution in [3.05, 3.63) is 94.2 Å². The van der Waals surface area contributed by atoms with Gasteiger partial charge >= 0.3 is 0 Å². The third-order valence-electron chi connectivity index (χ3n) is 4.22. The second-order valence-corrected chi connectivity index (χ2v) is 7.27. The summed E-state index contributed by atoms with van der Waals surface area (Å²) >= 11 is 1.53. The molecule has 3 aromatic rings. The Bertz CT molecular complexity index is 824. The lowest BCUT2D eigenvalue weighted by Gasteiger charge is -2.22. The Morgan fingerprint density at radius 2 is 1.44 bits per heavy atom. The van der Waals surface area contributed by atoms with Crippen molar-refractivity contribution in [3.63, 3.8) is 0 Å². The largest absolute Gasteiger partial charge is 0.348 e. The molecule has 1 atom stereocenters. The van der Waals surface area contributed by atoms with E-state index in [1.54, 1.807) is 0 Å². The molecule has 2 N–H and O–H groups in total. The van der Waals surface area contributed by atoms with Crippen LogP contribution in [0.25, 0.3) is 0 Å². The third kappa shape index (κ3) is 5.28. The summed E-state index contributed by atoms with van der Waals surface area (Å²) in [5, 5.41) is 7.95. The van der Waals surface area contributed by atoms with Gasteiger partial charge in [0.05, 0.1) is 18.5 Å². The molecular weight excluding hydrogens is 356 g/mol. The van der Waals surface area contributed by atoms with Crippen molar-refractivity contribution < 1.29 is 9.59 Å². The standard InChI is InChI=1S/C22H22N2O2S/c1-16(25)23-19(20-13-8-14-27-20)15-21(26)24-22(17-9-4-2-5-10-17)18-11-6-3-7-12-18/h2-14,19,22H,15H2,1H3,(H,23,25)(H,24,26)/t19-/m1/s1. The zero-order valence-electron chi connectivity index (χ0n) is 15.1. The van der Waals surface area contributed by atoms with Crippen LogP contribution in [0.4, 0.5) is 0 Å². The van der Waals surface area contributed by atoms with Crippen LogP contribution < -0.4 is 10.6 Å². The summed E-state index contributed by atoms with van der Waals surface area (Å²) in [4.78, 5) is 25.4. The monoisotopic (exact) mass is 378 g/mol. The summed E-state index contributed by atoms with van der Waals surface area (Å²) in [6.07, 6.45) is 0.191. The molecule has 4 nitrogen and oxygen atoms in total. The second kappa shape index (κ2) is 9.14. The summed E-state index contributed by atoms with van der Waals surface area (Å²) in [6.45, 7) is 1.47. The first-order chi connectivity index (χ1) is 13.1. The zero-order chi connectivity index (χ0) is 19.1. The maximum Gasteiger partial charge on any atom is 0.223 e. The van der Waals surface area contributed by atoms with Crippen LogP contribution in [0, 0.1) is 0 Å². The molecule has 0 aliphatic rings. The van der Waals surface area contributed by atoms with Crippen LogP contribution in [0.2, 0.25) is 0 Å². The number of hydrogen-bond donors (Lipinski definition) is 2. The zero-order valence-corrected chi connectivity index (χ0v) is 15.9. The molecule has 0 spiro atoms. The molecule has 1 heterocycles. The minimum absolute atomic E-state index is 0.111. The summed E-state index contributed by atoms with van der Waals surface area (Å²) in [5.41, 5.74) is 2.04. The minimum Gasteiger partial charge on any atom is -0.348 e. The quantitative estimate of drug-likeness (QED) is 0.647. The first-order valence-electron chi connectivity index (χ1n) is 8.83. The van der Waals surface area contributed by atoms with E-state index in [9.17, 15) is 9.59 Å². The predicted octanol–water partition coefficient (Wildman–Crippen LogP) is 4.22. The summed E-state index contributed by atoms with van der Waals surface area (Å²) < 4.78 is 0. The Morgan fingerprint density at radius 3 is 1.93 bits per heavy atom. The van der Waals surface area contributed by atoms with Gasteiger partial charge in [-0.3, -0.25) is 9.59 Å². The molecule has 0 radical (unpaired) electrons. The Morgan fingerprint density at radius 1 is 0.852 bits per heavy atom. The lowest BCUT2D eigenvalue weighted by atomic mass is 9.98. The number of hydrogen-bond acceptors (Lipinski definition) is 3. The van der Waals surface area contributed by atoms with E-state index in [0.717, 1.165) is 16.0 Å². The number of carbonyl (C=O) groups excluding carboxylic acids is 2. The highest BCUT2D eigenvalue weighted by Gasteiger charge is 2.21. The second-order valence-electron chi connectivity index (χ2n) is 6.29. The van der Waals surface area contributed by atoms with E-state index in [0.29, 0.717) is 0 Å². The van der Waals surface area contributed by atoms with Crippen LogP contribution in [0.1, 0.15) is 41.4 Å². The molecule has 0 unspecified atom stereocenters. The predicted molar refractivity (Wildman–Crippen MR) is 108 cm³/mol. The molecule has 0 aliphatic heterocycles. The first kappa shape index (κ1) is 18.9. The molecule has 1 aromatic heterocycles. The van der Waals surface area contributed by atoms with Crippen LogP contribution in [0.5, 0.6) is 0 Å². The van der Waals surface area contributed by atoms with Crippen molar-refractivity contribution >= 4 is 23.2 Å². The molecule has 0 bridgehead atoms. The van der Waals surface area contributed by atoms with E-state index in [2.05, 4.69) is 10.6 Å². The van der Waals surface area contributed by atoms with E-state index in [1.807, 2.05) is 78.2 Å². The molecule has 2 aromatic carbocycles. The highest BCUT2D eigenvalue weighted by molar-refractivity contribution is 7.10. The molecule has 2 amide bonds. The summed E-state index contributed by atoms with van der Waals surface area (Å²) in [5.74, 6) is -0.260. The van der Waals surface area contributed by atoms with E-state index < -0.39 is 0 Å². The van der Waals surface area contributed by atoms with Gasteiger partial charge in [-0.1, -0.05) is 66.7 Å². The van der Waals surface area contributed by atoms with Gasteiger partial charge in [0.1, 0.15) is 0 Å². The van der Waals surface area contributed by atoms with Crippen molar-refractivity contribution in [1.29, 1.82) is 0 Å². The van der Waals surface area contributed by atoms with Gasteiger partial charge in [-0.15, -0.1) is 11.3 Å². The fourth-order valence-electron chi connectivity index (χ4n) is 3.01. The van der Waals surface area contributed by atoms with Crippen LogP contribution >= 0.6 is 11.3 Å². The maximum atomic E-state index is 12.8. The van der Waals surface area contributed by atoms with E-state index in [1.165, 1.54) is 18.3 Å². The lowest BCUT2D eigenvalue weighted by Crippen LogP contribution is -2.34. The average molecular weight is 378 g/mol. The highest BCUT2D eigenvalue weighted by Crippen LogP contribution is 2.25. The van der Waals surface area contributed by atoms with Crippen molar-refractivity contribution in [1.82, 2.24) is 10.6 Å². The molecule has 0 fully saturated rings. The van der Waals surface area contributed by atoms with Crippen LogP contribution in [0.15, 0.2) is 78.2 Å². The van der Waals surface area contributed by atoms with E-state index in [4.69, 9.17) is 0 Å². The molecule has 0 saturated heterocycles. The maximum absolute atomic E-state index is 12.8. The lowest BCUT2D eigenvalue weighted by molar-refractivity contribution is -0.123. The number of benzene rings is 2.